The minimum Gasteiger partial charge on any atom is -0.504 e. The summed E-state index contributed by atoms with van der Waals surface area (Å²) in [6.45, 7) is -3.25. The number of phenols is 29. The summed E-state index contributed by atoms with van der Waals surface area (Å²) < 4.78 is 74.7. The van der Waals surface area contributed by atoms with Crippen LogP contribution in [-0.4, -0.2) is 282 Å². The Kier molecular flexibility index (Phi) is 20.9. The molecule has 6 aliphatic rings. The molecule has 0 saturated carbocycles. The van der Waals surface area contributed by atoms with E-state index in [4.69, 9.17) is 61.6 Å². The molecule has 10 aromatic rings. The number of aromatic hydroxyl groups is 29. The van der Waals surface area contributed by atoms with Crippen LogP contribution in [0.4, 0.5) is 0 Å². The predicted octanol–water partition coefficient (Wildman–Crippen LogP) is 3.69. The third kappa shape index (κ3) is 13.9. The number of hydrogen-bond donors (Lipinski definition) is 29. The van der Waals surface area contributed by atoms with Crippen molar-refractivity contribution in [2.75, 3.05) is 13.2 Å². The zero-order valence-electron chi connectivity index (χ0n) is 65.4. The SMILES string of the molecule is O=C(O[C@H]1O[C@@H]2COC(=O)c3cc(Oc4c(C(=O)O[C@H]5O[C@@H]6COC(=O)c7cc(O)c(O)c(O)c7-c7c(cc(O)c(O)c7O)C(=O)O[C@H]6[C@H]6OC(=O)c7cc(O)c(O)c(O)c7-c7c(cc(O)c(O)c7O)C(=O)O[C@@H]56)cc(O)c(O)c4O)c(O)c(O)c3-c3c(cc(O)c(O)c3O)C(=O)O[C@H]2[C@H]2OC(=O)c3cc(O)c(O)c(O)c3-c3c(cc(O)c(O)c3O)C(=O)O[C@@H]12)c1cc(O)c(O)c(O)c1. The van der Waals surface area contributed by atoms with E-state index in [2.05, 4.69) is 0 Å². The van der Waals surface area contributed by atoms with Gasteiger partial charge in [-0.25, -0.2) is 47.9 Å². The van der Waals surface area contributed by atoms with Crippen molar-refractivity contribution in [2.45, 2.75) is 61.4 Å². The van der Waals surface area contributed by atoms with Gasteiger partial charge in [0.1, 0.15) is 31.0 Å². The molecule has 134 heavy (non-hydrogen) atoms. The molecule has 10 aromatic carbocycles. The van der Waals surface area contributed by atoms with Gasteiger partial charge in [0.05, 0.1) is 50.1 Å². The maximum absolute atomic E-state index is 15.5. The summed E-state index contributed by atoms with van der Waals surface area (Å²) in [7, 11) is 0. The first-order valence-electron chi connectivity index (χ1n) is 37.2. The Labute approximate surface area is 734 Å². The fourth-order valence-corrected chi connectivity index (χ4v) is 15.2. The fraction of sp³-hybridized carbons (Fsp3) is 0.146. The number of ether oxygens (including phenoxy) is 13. The molecule has 52 heteroatoms. The number of hydrogen-bond acceptors (Lipinski definition) is 52. The summed E-state index contributed by atoms with van der Waals surface area (Å²) in [5.74, 6) is -69.2. The summed E-state index contributed by atoms with van der Waals surface area (Å²) in [6.07, 6.45) is -28.3. The summed E-state index contributed by atoms with van der Waals surface area (Å²) in [5.41, 5.74) is -23.8. The van der Waals surface area contributed by atoms with E-state index in [-0.39, 0.29) is 42.5 Å². The van der Waals surface area contributed by atoms with E-state index in [0.29, 0.717) is 24.3 Å². The zero-order valence-corrected chi connectivity index (χ0v) is 65.4. The molecule has 2 fully saturated rings. The average molecular weight is 1870 g/mol. The molecule has 29 N–H and O–H groups in total. The van der Waals surface area contributed by atoms with Gasteiger partial charge in [-0.3, -0.25) is 0 Å². The van der Waals surface area contributed by atoms with Crippen molar-refractivity contribution in [3.63, 3.8) is 0 Å². The molecule has 0 spiro atoms. The first-order chi connectivity index (χ1) is 63.1. The summed E-state index contributed by atoms with van der Waals surface area (Å²) >= 11 is 0. The Morgan fingerprint density at radius 1 is 0.239 bits per heavy atom. The smallest absolute Gasteiger partial charge is 0.344 e. The molecule has 16 rings (SSSR count). The van der Waals surface area contributed by atoms with Gasteiger partial charge in [-0.05, 0) is 54.6 Å². The second kappa shape index (κ2) is 31.7. The molecule has 6 heterocycles. The Hall–Kier alpha value is -19.2. The van der Waals surface area contributed by atoms with Crippen LogP contribution in [0.25, 0.3) is 44.5 Å². The Morgan fingerprint density at radius 3 is 0.769 bits per heavy atom. The van der Waals surface area contributed by atoms with Crippen LogP contribution in [0.2, 0.25) is 0 Å². The highest BCUT2D eigenvalue weighted by Crippen LogP contribution is 2.61. The molecule has 0 unspecified atom stereocenters. The maximum Gasteiger partial charge on any atom is 0.344 e. The van der Waals surface area contributed by atoms with Gasteiger partial charge in [0.25, 0.3) is 0 Å². The van der Waals surface area contributed by atoms with E-state index in [9.17, 15) is 162 Å². The Morgan fingerprint density at radius 2 is 0.470 bits per heavy atom. The summed E-state index contributed by atoms with van der Waals surface area (Å²) in [4.78, 5) is 150. The number of carbonyl (C=O) groups is 10. The van der Waals surface area contributed by atoms with Crippen molar-refractivity contribution < 1.29 is 258 Å². The lowest BCUT2D eigenvalue weighted by molar-refractivity contribution is -0.283. The minimum atomic E-state index is -3.11. The largest absolute Gasteiger partial charge is 0.504 e. The highest BCUT2D eigenvalue weighted by Gasteiger charge is 2.59. The van der Waals surface area contributed by atoms with Gasteiger partial charge in [-0.15, -0.1) is 0 Å². The van der Waals surface area contributed by atoms with Crippen LogP contribution in [0.1, 0.15) is 104 Å². The van der Waals surface area contributed by atoms with Crippen molar-refractivity contribution in [1.29, 1.82) is 0 Å². The number of cyclic esters (lactones) is 2. The Balaban J connectivity index is 0.822. The maximum atomic E-state index is 15.5. The fourth-order valence-electron chi connectivity index (χ4n) is 15.2. The van der Waals surface area contributed by atoms with Crippen LogP contribution in [-0.2, 0) is 56.8 Å². The molecule has 0 amide bonds. The van der Waals surface area contributed by atoms with E-state index in [1.54, 1.807) is 0 Å². The number of phenolic OH excluding ortho intramolecular Hbond substituents is 29. The molecule has 0 aliphatic carbocycles. The van der Waals surface area contributed by atoms with Gasteiger partial charge < -0.3 is 210 Å². The molecular weight excluding hydrogens is 1820 g/mol. The molecular formula is C82H54O52. The molecule has 0 bridgehead atoms. The van der Waals surface area contributed by atoms with E-state index in [1.807, 2.05) is 0 Å². The highest BCUT2D eigenvalue weighted by molar-refractivity contribution is 6.13. The number of rotatable bonds is 6. The zero-order chi connectivity index (χ0) is 97.2. The van der Waals surface area contributed by atoms with E-state index in [1.165, 1.54) is 0 Å². The number of benzene rings is 10. The van der Waals surface area contributed by atoms with Crippen molar-refractivity contribution in [3.05, 3.63) is 122 Å². The van der Waals surface area contributed by atoms with Crippen LogP contribution in [0.15, 0.2) is 66.7 Å². The second-order valence-corrected chi connectivity index (χ2v) is 29.4. The Bertz CT molecular complexity index is 6960. The van der Waals surface area contributed by atoms with Crippen LogP contribution < -0.4 is 4.74 Å². The third-order valence-corrected chi connectivity index (χ3v) is 21.6. The lowest BCUT2D eigenvalue weighted by Crippen LogP contribution is -2.63. The van der Waals surface area contributed by atoms with Crippen molar-refractivity contribution in [3.8, 4) is 223 Å². The second-order valence-electron chi connectivity index (χ2n) is 29.4. The molecule has 2 saturated heterocycles. The van der Waals surface area contributed by atoms with Crippen LogP contribution >= 0.6 is 0 Å². The quantitative estimate of drug-likeness (QED) is 0.0641. The summed E-state index contributed by atoms with van der Waals surface area (Å²) in [5, 5.41) is 323. The van der Waals surface area contributed by atoms with Crippen molar-refractivity contribution in [2.24, 2.45) is 0 Å². The molecule has 0 radical (unpaired) electrons. The van der Waals surface area contributed by atoms with E-state index < -0.39 is 413 Å². The third-order valence-electron chi connectivity index (χ3n) is 21.6. The molecule has 694 valence electrons. The topological polar surface area (TPSA) is 877 Å². The van der Waals surface area contributed by atoms with Crippen LogP contribution in [0.5, 0.6) is 178 Å². The van der Waals surface area contributed by atoms with E-state index >= 15 is 33.6 Å². The van der Waals surface area contributed by atoms with Crippen LogP contribution in [0, 0.1) is 0 Å². The number of fused-ring (bicyclic) bond motifs is 18. The normalized spacial score (nSPS) is 20.1. The van der Waals surface area contributed by atoms with Gasteiger partial charge in [-0.1, -0.05) is 0 Å². The van der Waals surface area contributed by atoms with Gasteiger partial charge in [-0.2, -0.15) is 0 Å². The van der Waals surface area contributed by atoms with Crippen molar-refractivity contribution in [1.82, 2.24) is 0 Å². The minimum absolute atomic E-state index is 0.0832. The molecule has 52 nitrogen and oxygen atoms in total. The lowest BCUT2D eigenvalue weighted by Gasteiger charge is -2.44. The van der Waals surface area contributed by atoms with Gasteiger partial charge >= 0.3 is 59.7 Å². The van der Waals surface area contributed by atoms with Gasteiger partial charge in [0.2, 0.25) is 82.3 Å². The average Bonchev–Trinajstić information content (AvgIpc) is 1.02. The number of carbonyl (C=O) groups excluding carboxylic acids is 10. The molecule has 0 aromatic heterocycles. The van der Waals surface area contributed by atoms with Gasteiger partial charge in [0, 0.05) is 56.6 Å². The first kappa shape index (κ1) is 88.3. The van der Waals surface area contributed by atoms with Crippen LogP contribution in [0.3, 0.4) is 0 Å². The molecule has 10 atom stereocenters. The standard InChI is InChI=1S/C82H54O52/c83-24-1-14(2-25(84)45(24)93)71(112)133-81-69-67(129-76(117)18-6-29(88)48(96)57(105)39(18)41-20(78(119)131-69)8-31(90)50(98)59(41)107)65-35(125-81)13-123-73(114)22-11-34(54(102)62(110)44(22)43-17(75(116)127-65)5-28(87)52(100)61(43)109)124-64-23(10-33(92)53(101)63(64)111)80(121)134-82-70-68(130-77(118)19-7-30(89)49(97)58(106)40(19)42-21(79(120)132-70)9-32(91)51(99)60(42)108)66-36(126-82)12-122-72(113)15-3-26(85)46(94)55(103)37(15)38-16(74(115)128-66)4-27(86)47(95)56(38)104/h1-11,35-36,65-70,81-111H,12-13H2/t35-,36-,65-,66-,67-,68-,69-,70-,81-,82-/m1/s1. The lowest BCUT2D eigenvalue weighted by atomic mass is 9.91. The summed E-state index contributed by atoms with van der Waals surface area (Å²) in [6, 6.07) is 2.94. The predicted molar refractivity (Wildman–Crippen MR) is 413 cm³/mol. The van der Waals surface area contributed by atoms with E-state index in [0.717, 1.165) is 0 Å². The number of esters is 10. The first-order valence-corrected chi connectivity index (χ1v) is 37.2. The molecule has 6 aliphatic heterocycles. The van der Waals surface area contributed by atoms with Gasteiger partial charge in [0.15, 0.2) is 145 Å². The van der Waals surface area contributed by atoms with Crippen molar-refractivity contribution >= 4 is 59.7 Å². The monoisotopic (exact) mass is 1870 g/mol. The highest BCUT2D eigenvalue weighted by atomic mass is 16.8.